The first-order chi connectivity index (χ1) is 9.49. The van der Waals surface area contributed by atoms with Gasteiger partial charge in [-0.25, -0.2) is 0 Å². The number of aliphatic imine (C=N–C) groups is 1. The molecule has 0 saturated carbocycles. The molecule has 0 radical (unpaired) electrons. The van der Waals surface area contributed by atoms with Gasteiger partial charge < -0.3 is 9.47 Å². The summed E-state index contributed by atoms with van der Waals surface area (Å²) in [5.41, 5.74) is 0.495. The number of nitrogens with zero attached hydrogens (tertiary/aromatic N) is 2. The first-order valence-corrected chi connectivity index (χ1v) is 6.49. The second-order valence-corrected chi connectivity index (χ2v) is 5.37. The standard InChI is InChI=1S/C15H20N2O3/c1-15(2)9-16-10-17(15)14(18)13(20-4)11-5-7-12(19-3)8-6-11/h5-8,10,13H,9H2,1-4H3. The largest absolute Gasteiger partial charge is 0.497 e. The Hall–Kier alpha value is -1.88. The van der Waals surface area contributed by atoms with Crippen LogP contribution in [0.3, 0.4) is 0 Å². The van der Waals surface area contributed by atoms with E-state index in [1.807, 2.05) is 38.1 Å². The molecule has 1 unspecified atom stereocenters. The zero-order valence-electron chi connectivity index (χ0n) is 12.3. The van der Waals surface area contributed by atoms with Gasteiger partial charge in [-0.3, -0.25) is 14.7 Å². The molecule has 0 fully saturated rings. The molecule has 108 valence electrons. The van der Waals surface area contributed by atoms with Gasteiger partial charge in [0.25, 0.3) is 5.91 Å². The molecule has 20 heavy (non-hydrogen) atoms. The average Bonchev–Trinajstić information content (AvgIpc) is 2.79. The smallest absolute Gasteiger partial charge is 0.261 e. The van der Waals surface area contributed by atoms with Crippen LogP contribution < -0.4 is 4.74 Å². The molecule has 5 nitrogen and oxygen atoms in total. The van der Waals surface area contributed by atoms with Gasteiger partial charge in [-0.05, 0) is 31.5 Å². The second-order valence-electron chi connectivity index (χ2n) is 5.37. The molecule has 1 atom stereocenters. The van der Waals surface area contributed by atoms with Crippen LogP contribution in [0.25, 0.3) is 0 Å². The Labute approximate surface area is 119 Å². The van der Waals surface area contributed by atoms with E-state index in [0.29, 0.717) is 6.54 Å². The topological polar surface area (TPSA) is 51.1 Å². The second kappa shape index (κ2) is 5.63. The van der Waals surface area contributed by atoms with Crippen LogP contribution in [-0.4, -0.2) is 43.4 Å². The lowest BCUT2D eigenvalue weighted by Crippen LogP contribution is -2.47. The lowest BCUT2D eigenvalue weighted by Gasteiger charge is -2.31. The van der Waals surface area contributed by atoms with Crippen molar-refractivity contribution in [1.82, 2.24) is 4.90 Å². The van der Waals surface area contributed by atoms with Gasteiger partial charge >= 0.3 is 0 Å². The quantitative estimate of drug-likeness (QED) is 0.845. The fourth-order valence-electron chi connectivity index (χ4n) is 2.22. The van der Waals surface area contributed by atoms with Crippen molar-refractivity contribution in [1.29, 1.82) is 0 Å². The van der Waals surface area contributed by atoms with Gasteiger partial charge in [-0.2, -0.15) is 0 Å². The van der Waals surface area contributed by atoms with Crippen LogP contribution >= 0.6 is 0 Å². The van der Waals surface area contributed by atoms with Gasteiger partial charge in [-0.1, -0.05) is 12.1 Å². The average molecular weight is 276 g/mol. The Morgan fingerprint density at radius 2 is 1.95 bits per heavy atom. The maximum Gasteiger partial charge on any atom is 0.261 e. The molecule has 1 aliphatic heterocycles. The van der Waals surface area contributed by atoms with Gasteiger partial charge in [0.05, 0.1) is 25.5 Å². The Balaban J connectivity index is 2.23. The first kappa shape index (κ1) is 14.5. The van der Waals surface area contributed by atoms with Crippen LogP contribution in [0.1, 0.15) is 25.5 Å². The van der Waals surface area contributed by atoms with Gasteiger partial charge in [0.15, 0.2) is 6.10 Å². The number of ether oxygens (including phenoxy) is 2. The summed E-state index contributed by atoms with van der Waals surface area (Å²) < 4.78 is 10.5. The monoisotopic (exact) mass is 276 g/mol. The van der Waals surface area contributed by atoms with E-state index in [9.17, 15) is 4.79 Å². The Morgan fingerprint density at radius 1 is 1.30 bits per heavy atom. The molecule has 0 spiro atoms. The van der Waals surface area contributed by atoms with Crippen molar-refractivity contribution in [2.24, 2.45) is 4.99 Å². The van der Waals surface area contributed by atoms with E-state index < -0.39 is 6.10 Å². The summed E-state index contributed by atoms with van der Waals surface area (Å²) in [7, 11) is 3.14. The van der Waals surface area contributed by atoms with Gasteiger partial charge in [0, 0.05) is 7.11 Å². The molecule has 0 aromatic heterocycles. The third-order valence-electron chi connectivity index (χ3n) is 3.44. The fourth-order valence-corrected chi connectivity index (χ4v) is 2.22. The van der Waals surface area contributed by atoms with Crippen molar-refractivity contribution < 1.29 is 14.3 Å². The van der Waals surface area contributed by atoms with Crippen molar-refractivity contribution >= 4 is 12.2 Å². The molecule has 1 aliphatic rings. The highest BCUT2D eigenvalue weighted by molar-refractivity contribution is 5.93. The third kappa shape index (κ3) is 2.67. The van der Waals surface area contributed by atoms with E-state index in [1.54, 1.807) is 18.3 Å². The summed E-state index contributed by atoms with van der Waals surface area (Å²) in [5.74, 6) is 0.642. The molecular formula is C15H20N2O3. The predicted octanol–water partition coefficient (Wildman–Crippen LogP) is 2.03. The highest BCUT2D eigenvalue weighted by Crippen LogP contribution is 2.27. The molecule has 1 aromatic rings. The Bertz CT molecular complexity index is 508. The Kier molecular flexibility index (Phi) is 4.09. The maximum absolute atomic E-state index is 12.6. The van der Waals surface area contributed by atoms with Crippen molar-refractivity contribution in [3.05, 3.63) is 29.8 Å². The summed E-state index contributed by atoms with van der Waals surface area (Å²) in [4.78, 5) is 18.5. The molecule has 0 N–H and O–H groups in total. The van der Waals surface area contributed by atoms with Crippen molar-refractivity contribution in [3.63, 3.8) is 0 Å². The van der Waals surface area contributed by atoms with Gasteiger partial charge in [0.1, 0.15) is 5.75 Å². The number of carbonyl (C=O) groups is 1. The zero-order valence-corrected chi connectivity index (χ0v) is 12.3. The van der Waals surface area contributed by atoms with Gasteiger partial charge in [0.2, 0.25) is 0 Å². The fraction of sp³-hybridized carbons (Fsp3) is 0.467. The minimum absolute atomic E-state index is 0.107. The van der Waals surface area contributed by atoms with Gasteiger partial charge in [-0.15, -0.1) is 0 Å². The first-order valence-electron chi connectivity index (χ1n) is 6.49. The van der Waals surface area contributed by atoms with Crippen molar-refractivity contribution in [2.45, 2.75) is 25.5 Å². The van der Waals surface area contributed by atoms with E-state index in [0.717, 1.165) is 11.3 Å². The van der Waals surface area contributed by atoms with E-state index in [2.05, 4.69) is 4.99 Å². The number of amides is 1. The van der Waals surface area contributed by atoms with E-state index in [4.69, 9.17) is 9.47 Å². The molecular weight excluding hydrogens is 256 g/mol. The van der Waals surface area contributed by atoms with Crippen LogP contribution in [0.15, 0.2) is 29.3 Å². The summed E-state index contributed by atoms with van der Waals surface area (Å²) in [6.45, 7) is 4.58. The van der Waals surface area contributed by atoms with Crippen LogP contribution in [0.2, 0.25) is 0 Å². The SMILES string of the molecule is COc1ccc(C(OC)C(=O)N2C=NCC2(C)C)cc1. The highest BCUT2D eigenvalue weighted by atomic mass is 16.5. The highest BCUT2D eigenvalue weighted by Gasteiger charge is 2.37. The van der Waals surface area contributed by atoms with Crippen molar-refractivity contribution in [3.8, 4) is 5.75 Å². The third-order valence-corrected chi connectivity index (χ3v) is 3.44. The summed E-state index contributed by atoms with van der Waals surface area (Å²) in [5, 5.41) is 0. The summed E-state index contributed by atoms with van der Waals surface area (Å²) in [6.07, 6.45) is 0.961. The number of rotatable bonds is 4. The minimum atomic E-state index is -0.635. The molecule has 0 bridgehead atoms. The number of benzene rings is 1. The maximum atomic E-state index is 12.6. The van der Waals surface area contributed by atoms with E-state index in [1.165, 1.54) is 7.11 Å². The molecule has 5 heteroatoms. The zero-order chi connectivity index (χ0) is 14.8. The van der Waals surface area contributed by atoms with Crippen LogP contribution in [0.4, 0.5) is 0 Å². The molecule has 1 aromatic carbocycles. The molecule has 0 saturated heterocycles. The van der Waals surface area contributed by atoms with Crippen molar-refractivity contribution in [2.75, 3.05) is 20.8 Å². The lowest BCUT2D eigenvalue weighted by molar-refractivity contribution is -0.141. The summed E-state index contributed by atoms with van der Waals surface area (Å²) in [6, 6.07) is 7.31. The summed E-state index contributed by atoms with van der Waals surface area (Å²) >= 11 is 0. The molecule has 1 heterocycles. The van der Waals surface area contributed by atoms with E-state index in [-0.39, 0.29) is 11.4 Å². The van der Waals surface area contributed by atoms with Crippen LogP contribution in [-0.2, 0) is 9.53 Å². The normalized spacial score (nSPS) is 18.1. The predicted molar refractivity (Wildman–Crippen MR) is 77.0 cm³/mol. The minimum Gasteiger partial charge on any atom is -0.497 e. The number of methoxy groups -OCH3 is 2. The molecule has 1 amide bonds. The lowest BCUT2D eigenvalue weighted by atomic mass is 10.0. The number of hydrogen-bond donors (Lipinski definition) is 0. The number of hydrogen-bond acceptors (Lipinski definition) is 4. The van der Waals surface area contributed by atoms with Crippen LogP contribution in [0, 0.1) is 0 Å². The Morgan fingerprint density at radius 3 is 2.40 bits per heavy atom. The van der Waals surface area contributed by atoms with Crippen LogP contribution in [0.5, 0.6) is 5.75 Å². The number of carbonyl (C=O) groups excluding carboxylic acids is 1. The molecule has 2 rings (SSSR count). The van der Waals surface area contributed by atoms with E-state index >= 15 is 0 Å². The molecule has 0 aliphatic carbocycles.